The Hall–Kier alpha value is -8.90. The van der Waals surface area contributed by atoms with Gasteiger partial charge in [0.2, 0.25) is 0 Å². The molecule has 4 nitrogen and oxygen atoms in total. The lowest BCUT2D eigenvalue weighted by Gasteiger charge is -2.35. The molecule has 11 aromatic carbocycles. The fraction of sp³-hybridized carbons (Fsp3) is 0.0303. The van der Waals surface area contributed by atoms with E-state index >= 15 is 0 Å². The van der Waals surface area contributed by atoms with Crippen LogP contribution >= 0.6 is 0 Å². The topological polar surface area (TPSA) is 32.8 Å². The average molecular weight is 927 g/mol. The van der Waals surface area contributed by atoms with Crippen LogP contribution in [0.5, 0.6) is 0 Å². The summed E-state index contributed by atoms with van der Waals surface area (Å²) < 4.78 is 13.0. The molecule has 2 aromatic heterocycles. The van der Waals surface area contributed by atoms with Gasteiger partial charge in [0.1, 0.15) is 24.8 Å². The molecule has 336 valence electrons. The van der Waals surface area contributed by atoms with Crippen molar-refractivity contribution < 1.29 is 8.83 Å². The molecule has 0 saturated heterocycles. The van der Waals surface area contributed by atoms with Gasteiger partial charge in [0.25, 0.3) is 0 Å². The number of nitrogens with zero attached hydrogens (tertiary/aromatic N) is 2. The van der Waals surface area contributed by atoms with Crippen LogP contribution in [0, 0.1) is 0 Å². The number of hydrogen-bond acceptors (Lipinski definition) is 4. The van der Waals surface area contributed by atoms with Crippen molar-refractivity contribution in [1.29, 1.82) is 0 Å². The molecular weight excluding hydrogens is 881 g/mol. The second kappa shape index (κ2) is 16.1. The van der Waals surface area contributed by atoms with Crippen molar-refractivity contribution in [1.82, 2.24) is 0 Å². The third-order valence-electron chi connectivity index (χ3n) is 14.9. The van der Waals surface area contributed by atoms with Crippen LogP contribution in [-0.2, 0) is 0 Å². The van der Waals surface area contributed by atoms with E-state index in [0.29, 0.717) is 0 Å². The Morgan fingerprint density at radius 3 is 1.68 bits per heavy atom. The van der Waals surface area contributed by atoms with Gasteiger partial charge in [0.05, 0.1) is 11.4 Å². The van der Waals surface area contributed by atoms with Crippen molar-refractivity contribution >= 4 is 107 Å². The quantitative estimate of drug-likeness (QED) is 0.142. The minimum atomic E-state index is -2.26. The van der Waals surface area contributed by atoms with Crippen LogP contribution in [0.15, 0.2) is 251 Å². The van der Waals surface area contributed by atoms with Crippen molar-refractivity contribution in [2.24, 2.45) is 0 Å². The zero-order chi connectivity index (χ0) is 47.2. The van der Waals surface area contributed by atoms with Gasteiger partial charge in [-0.1, -0.05) is 177 Å². The van der Waals surface area contributed by atoms with Crippen LogP contribution in [0.25, 0.3) is 88.0 Å². The molecule has 71 heavy (non-hydrogen) atoms. The molecule has 0 N–H and O–H groups in total. The molecule has 0 saturated carbocycles. The summed E-state index contributed by atoms with van der Waals surface area (Å²) in [6.45, 7) is 5.05. The summed E-state index contributed by atoms with van der Waals surface area (Å²) >= 11 is 0. The average Bonchev–Trinajstić information content (AvgIpc) is 4.00. The Labute approximate surface area is 412 Å². The predicted molar refractivity (Wildman–Crippen MR) is 301 cm³/mol. The van der Waals surface area contributed by atoms with Crippen LogP contribution in [0.2, 0.25) is 13.1 Å². The highest BCUT2D eigenvalue weighted by molar-refractivity contribution is 7.03. The van der Waals surface area contributed by atoms with Gasteiger partial charge in [-0.3, -0.25) is 0 Å². The molecule has 0 bridgehead atoms. The SMILES string of the molecule is C[Si]1(C)c2cc(N(c3ccccc3)c3ccc4oc5ccccc5c4c3)ccc2-c2ccc(-c3ccc(N(c4ccccc4-c4ccccc4)c4cccc5c4oc4ccccc45)cc3)c3cccc1c23. The standard InChI is InChI=1S/C66H46N2O2Si/c1-71(2)63-30-16-24-54-49(38-39-55(65(54)63)53-37-35-48(42-64(53)71)67(45-19-7-4-8-20-45)47-36-40-62-57(41-47)52-23-11-13-28-60(52)69-62)44-31-33-46(34-32-44)68(58-26-12-9-21-50(58)43-17-5-3-6-18-43)59-27-15-25-56-51-22-10-14-29-61(51)70-66(56)59/h3-42H,1-2H3. The van der Waals surface area contributed by atoms with E-state index in [9.17, 15) is 0 Å². The van der Waals surface area contributed by atoms with Crippen molar-refractivity contribution in [3.63, 3.8) is 0 Å². The molecule has 0 amide bonds. The van der Waals surface area contributed by atoms with Crippen molar-refractivity contribution in [3.8, 4) is 33.4 Å². The Bertz CT molecular complexity index is 4210. The van der Waals surface area contributed by atoms with Crippen LogP contribution < -0.4 is 20.2 Å². The van der Waals surface area contributed by atoms with E-state index in [4.69, 9.17) is 8.83 Å². The highest BCUT2D eigenvalue weighted by atomic mass is 28.3. The molecule has 0 atom stereocenters. The molecule has 1 aliphatic rings. The largest absolute Gasteiger partial charge is 0.456 e. The lowest BCUT2D eigenvalue weighted by atomic mass is 9.91. The first-order chi connectivity index (χ1) is 35.0. The maximum atomic E-state index is 6.71. The van der Waals surface area contributed by atoms with Crippen LogP contribution in [0.3, 0.4) is 0 Å². The van der Waals surface area contributed by atoms with Gasteiger partial charge in [0, 0.05) is 49.9 Å². The fourth-order valence-corrected chi connectivity index (χ4v) is 14.6. The fourth-order valence-electron chi connectivity index (χ4n) is 11.5. The first-order valence-corrected chi connectivity index (χ1v) is 27.4. The minimum absolute atomic E-state index is 0.862. The molecule has 1 aliphatic heterocycles. The molecular formula is C66H46N2O2Si. The summed E-state index contributed by atoms with van der Waals surface area (Å²) in [5.74, 6) is 0. The number of furan rings is 2. The van der Waals surface area contributed by atoms with Crippen LogP contribution in [0.4, 0.5) is 34.1 Å². The lowest BCUT2D eigenvalue weighted by Crippen LogP contribution is -2.56. The number of para-hydroxylation sites is 5. The number of hydrogen-bond donors (Lipinski definition) is 0. The number of benzene rings is 11. The minimum Gasteiger partial charge on any atom is -0.456 e. The lowest BCUT2D eigenvalue weighted by molar-refractivity contribution is 0.668. The molecule has 5 heteroatoms. The van der Waals surface area contributed by atoms with E-state index in [2.05, 4.69) is 247 Å². The third-order valence-corrected chi connectivity index (χ3v) is 18.4. The smallest absolute Gasteiger partial charge is 0.159 e. The Balaban J connectivity index is 0.884. The van der Waals surface area contributed by atoms with Crippen LogP contribution in [0.1, 0.15) is 0 Å². The summed E-state index contributed by atoms with van der Waals surface area (Å²) in [4.78, 5) is 4.76. The number of anilines is 6. The second-order valence-electron chi connectivity index (χ2n) is 19.2. The Kier molecular flexibility index (Phi) is 9.32. The zero-order valence-corrected chi connectivity index (χ0v) is 40.3. The van der Waals surface area contributed by atoms with E-state index in [1.165, 1.54) is 43.4 Å². The second-order valence-corrected chi connectivity index (χ2v) is 23.5. The first-order valence-electron chi connectivity index (χ1n) is 24.4. The predicted octanol–water partition coefficient (Wildman–Crippen LogP) is 17.7. The maximum absolute atomic E-state index is 6.71. The van der Waals surface area contributed by atoms with Gasteiger partial charge in [-0.15, -0.1) is 0 Å². The molecule has 0 fully saturated rings. The highest BCUT2D eigenvalue weighted by Gasteiger charge is 2.36. The highest BCUT2D eigenvalue weighted by Crippen LogP contribution is 2.47. The molecule has 0 radical (unpaired) electrons. The van der Waals surface area contributed by atoms with E-state index in [1.807, 2.05) is 18.2 Å². The summed E-state index contributed by atoms with van der Waals surface area (Å²) in [6, 6.07) is 87.8. The van der Waals surface area contributed by atoms with Crippen molar-refractivity contribution in [3.05, 3.63) is 243 Å². The monoisotopic (exact) mass is 926 g/mol. The molecule has 0 spiro atoms. The maximum Gasteiger partial charge on any atom is 0.159 e. The summed E-state index contributed by atoms with van der Waals surface area (Å²) in [5, 5.41) is 10.0. The van der Waals surface area contributed by atoms with Gasteiger partial charge in [-0.05, 0) is 128 Å². The molecule has 14 rings (SSSR count). The summed E-state index contributed by atoms with van der Waals surface area (Å²) in [5.41, 5.74) is 17.3. The first kappa shape index (κ1) is 41.1. The molecule has 3 heterocycles. The van der Waals surface area contributed by atoms with Gasteiger partial charge >= 0.3 is 0 Å². The van der Waals surface area contributed by atoms with Crippen molar-refractivity contribution in [2.45, 2.75) is 13.1 Å². The summed E-state index contributed by atoms with van der Waals surface area (Å²) in [6.07, 6.45) is 0. The normalized spacial score (nSPS) is 12.8. The number of fused-ring (bicyclic) bond motifs is 8. The molecule has 0 aliphatic carbocycles. The van der Waals surface area contributed by atoms with Gasteiger partial charge in [-0.2, -0.15) is 0 Å². The molecule has 0 unspecified atom stereocenters. The van der Waals surface area contributed by atoms with E-state index < -0.39 is 8.07 Å². The van der Waals surface area contributed by atoms with E-state index in [0.717, 1.165) is 89.1 Å². The van der Waals surface area contributed by atoms with Crippen molar-refractivity contribution in [2.75, 3.05) is 9.80 Å². The Morgan fingerprint density at radius 1 is 0.310 bits per heavy atom. The number of rotatable bonds is 8. The van der Waals surface area contributed by atoms with Gasteiger partial charge < -0.3 is 18.6 Å². The zero-order valence-electron chi connectivity index (χ0n) is 39.3. The third kappa shape index (κ3) is 6.51. The summed E-state index contributed by atoms with van der Waals surface area (Å²) in [7, 11) is -2.26. The molecule has 13 aromatic rings. The Morgan fingerprint density at radius 2 is 0.859 bits per heavy atom. The van der Waals surface area contributed by atoms with Gasteiger partial charge in [0.15, 0.2) is 5.58 Å². The van der Waals surface area contributed by atoms with Crippen LogP contribution in [-0.4, -0.2) is 8.07 Å². The van der Waals surface area contributed by atoms with Gasteiger partial charge in [-0.25, -0.2) is 0 Å². The van der Waals surface area contributed by atoms with E-state index in [1.54, 1.807) is 0 Å². The van der Waals surface area contributed by atoms with E-state index in [-0.39, 0.29) is 0 Å².